The molecule has 0 radical (unpaired) electrons. The van der Waals surface area contributed by atoms with E-state index in [2.05, 4.69) is 36.4 Å². The Morgan fingerprint density at radius 1 is 1.33 bits per heavy atom. The van der Waals surface area contributed by atoms with Crippen LogP contribution in [-0.4, -0.2) is 30.0 Å². The van der Waals surface area contributed by atoms with E-state index in [4.69, 9.17) is 0 Å². The van der Waals surface area contributed by atoms with Gasteiger partial charge in [0.1, 0.15) is 0 Å². The minimum absolute atomic E-state index is 0.0373. The van der Waals surface area contributed by atoms with Gasteiger partial charge in [0.05, 0.1) is 17.1 Å². The topological polar surface area (TPSA) is 54.0 Å². The van der Waals surface area contributed by atoms with Crippen LogP contribution in [0.5, 0.6) is 0 Å². The number of amides is 1. The molecule has 2 aromatic rings. The van der Waals surface area contributed by atoms with Gasteiger partial charge in [-0.05, 0) is 30.7 Å². The molecule has 4 nitrogen and oxygen atoms in total. The molecule has 1 aromatic carbocycles. The summed E-state index contributed by atoms with van der Waals surface area (Å²) in [7, 11) is 0. The molecule has 27 heavy (non-hydrogen) atoms. The number of carbonyl (C=O) groups excluding carboxylic acids is 1. The summed E-state index contributed by atoms with van der Waals surface area (Å²) in [5.74, 6) is -1.87. The smallest absolute Gasteiger partial charge is 0.226 e. The Balaban J connectivity index is 1.67. The van der Waals surface area contributed by atoms with Crippen molar-refractivity contribution in [3.8, 4) is 0 Å². The predicted molar refractivity (Wildman–Crippen MR) is 103 cm³/mol. The summed E-state index contributed by atoms with van der Waals surface area (Å²) in [6, 6.07) is 3.82. The molecule has 1 aliphatic heterocycles. The number of halogens is 2. The first kappa shape index (κ1) is 19.9. The van der Waals surface area contributed by atoms with E-state index in [1.165, 1.54) is 6.07 Å². The molecule has 1 fully saturated rings. The fourth-order valence-corrected chi connectivity index (χ4v) is 4.21. The molecule has 146 valence electrons. The molecular weight excluding hydrogens is 368 g/mol. The third-order valence-electron chi connectivity index (χ3n) is 4.74. The van der Waals surface area contributed by atoms with Crippen molar-refractivity contribution in [1.29, 1.82) is 0 Å². The lowest BCUT2D eigenvalue weighted by Crippen LogP contribution is -2.50. The highest BCUT2D eigenvalue weighted by Crippen LogP contribution is 2.28. The van der Waals surface area contributed by atoms with Crippen LogP contribution in [0.2, 0.25) is 0 Å². The average Bonchev–Trinajstić information content (AvgIpc) is 3.06. The highest BCUT2D eigenvalue weighted by atomic mass is 32.1. The SMILES string of the molecule is CC(C)(C)c1nc(CC(=O)NC2CNCCC2c2ccc(F)c(F)c2)cs1. The van der Waals surface area contributed by atoms with Gasteiger partial charge in [-0.3, -0.25) is 4.79 Å². The van der Waals surface area contributed by atoms with Crippen molar-refractivity contribution in [3.05, 3.63) is 51.5 Å². The Labute approximate surface area is 162 Å². The summed E-state index contributed by atoms with van der Waals surface area (Å²) < 4.78 is 26.9. The van der Waals surface area contributed by atoms with E-state index < -0.39 is 11.6 Å². The van der Waals surface area contributed by atoms with Crippen LogP contribution in [0.1, 0.15) is 49.4 Å². The van der Waals surface area contributed by atoms with Gasteiger partial charge in [-0.15, -0.1) is 11.3 Å². The molecule has 0 spiro atoms. The van der Waals surface area contributed by atoms with Gasteiger partial charge in [-0.1, -0.05) is 26.8 Å². The average molecular weight is 394 g/mol. The quantitative estimate of drug-likeness (QED) is 0.836. The normalized spacial score (nSPS) is 20.5. The summed E-state index contributed by atoms with van der Waals surface area (Å²) in [4.78, 5) is 17.1. The van der Waals surface area contributed by atoms with E-state index in [9.17, 15) is 13.6 Å². The molecule has 2 atom stereocenters. The minimum atomic E-state index is -0.855. The van der Waals surface area contributed by atoms with Gasteiger partial charge in [0.25, 0.3) is 0 Å². The first-order valence-electron chi connectivity index (χ1n) is 9.14. The molecule has 1 saturated heterocycles. The third-order valence-corrected chi connectivity index (χ3v) is 6.05. The second-order valence-electron chi connectivity index (χ2n) is 8.02. The summed E-state index contributed by atoms with van der Waals surface area (Å²) in [5, 5.41) is 9.23. The second kappa shape index (κ2) is 8.02. The molecule has 2 N–H and O–H groups in total. The zero-order chi connectivity index (χ0) is 19.6. The number of hydrogen-bond donors (Lipinski definition) is 2. The van der Waals surface area contributed by atoms with Crippen molar-refractivity contribution in [1.82, 2.24) is 15.6 Å². The molecule has 3 rings (SSSR count). The van der Waals surface area contributed by atoms with Crippen LogP contribution in [0.15, 0.2) is 23.6 Å². The lowest BCUT2D eigenvalue weighted by Gasteiger charge is -2.33. The number of rotatable bonds is 4. The van der Waals surface area contributed by atoms with E-state index in [1.54, 1.807) is 17.4 Å². The fraction of sp³-hybridized carbons (Fsp3) is 0.500. The first-order valence-corrected chi connectivity index (χ1v) is 10.0. The molecule has 1 amide bonds. The van der Waals surface area contributed by atoms with Crippen molar-refractivity contribution in [3.63, 3.8) is 0 Å². The van der Waals surface area contributed by atoms with E-state index >= 15 is 0 Å². The molecule has 1 aromatic heterocycles. The van der Waals surface area contributed by atoms with Crippen molar-refractivity contribution in [2.24, 2.45) is 0 Å². The van der Waals surface area contributed by atoms with Crippen molar-refractivity contribution in [2.75, 3.05) is 13.1 Å². The van der Waals surface area contributed by atoms with Crippen molar-refractivity contribution in [2.45, 2.75) is 51.0 Å². The maximum Gasteiger partial charge on any atom is 0.226 e. The lowest BCUT2D eigenvalue weighted by atomic mass is 9.86. The molecule has 7 heteroatoms. The van der Waals surface area contributed by atoms with Gasteiger partial charge in [-0.25, -0.2) is 13.8 Å². The van der Waals surface area contributed by atoms with E-state index in [0.717, 1.165) is 29.7 Å². The number of thiazole rings is 1. The zero-order valence-electron chi connectivity index (χ0n) is 15.8. The monoisotopic (exact) mass is 393 g/mol. The largest absolute Gasteiger partial charge is 0.351 e. The Hall–Kier alpha value is -1.86. The Morgan fingerprint density at radius 2 is 2.11 bits per heavy atom. The molecule has 0 bridgehead atoms. The molecular formula is C20H25F2N3OS. The van der Waals surface area contributed by atoms with Gasteiger partial charge < -0.3 is 10.6 Å². The summed E-state index contributed by atoms with van der Waals surface area (Å²) in [6.45, 7) is 7.65. The number of hydrogen-bond acceptors (Lipinski definition) is 4. The van der Waals surface area contributed by atoms with E-state index in [1.807, 2.05) is 5.38 Å². The van der Waals surface area contributed by atoms with Crippen molar-refractivity contribution < 1.29 is 13.6 Å². The van der Waals surface area contributed by atoms with Gasteiger partial charge in [0, 0.05) is 29.3 Å². The fourth-order valence-electron chi connectivity index (χ4n) is 3.31. The highest BCUT2D eigenvalue weighted by Gasteiger charge is 2.28. The number of benzene rings is 1. The van der Waals surface area contributed by atoms with E-state index in [-0.39, 0.29) is 29.7 Å². The Bertz CT molecular complexity index is 816. The van der Waals surface area contributed by atoms with Gasteiger partial charge >= 0.3 is 0 Å². The minimum Gasteiger partial charge on any atom is -0.351 e. The Morgan fingerprint density at radius 3 is 2.78 bits per heavy atom. The van der Waals surface area contributed by atoms with E-state index in [0.29, 0.717) is 12.1 Å². The molecule has 2 heterocycles. The summed E-state index contributed by atoms with van der Waals surface area (Å²) in [6.07, 6.45) is 0.967. The summed E-state index contributed by atoms with van der Waals surface area (Å²) in [5.41, 5.74) is 1.43. The van der Waals surface area contributed by atoms with Gasteiger partial charge in [0.15, 0.2) is 11.6 Å². The van der Waals surface area contributed by atoms with Crippen LogP contribution in [0.3, 0.4) is 0 Å². The second-order valence-corrected chi connectivity index (χ2v) is 8.88. The Kier molecular flexibility index (Phi) is 5.91. The zero-order valence-corrected chi connectivity index (χ0v) is 16.6. The number of nitrogens with zero attached hydrogens (tertiary/aromatic N) is 1. The van der Waals surface area contributed by atoms with Crippen LogP contribution in [0.25, 0.3) is 0 Å². The number of aromatic nitrogens is 1. The van der Waals surface area contributed by atoms with Gasteiger partial charge in [0.2, 0.25) is 5.91 Å². The van der Waals surface area contributed by atoms with Crippen molar-refractivity contribution >= 4 is 17.2 Å². The number of nitrogens with one attached hydrogen (secondary N) is 2. The predicted octanol–water partition coefficient (Wildman–Crippen LogP) is 3.52. The maximum absolute atomic E-state index is 13.6. The van der Waals surface area contributed by atoms with Crippen LogP contribution in [0, 0.1) is 11.6 Å². The summed E-state index contributed by atoms with van der Waals surface area (Å²) >= 11 is 1.56. The third kappa shape index (κ3) is 4.90. The van der Waals surface area contributed by atoms with Gasteiger partial charge in [-0.2, -0.15) is 0 Å². The number of piperidine rings is 1. The highest BCUT2D eigenvalue weighted by molar-refractivity contribution is 7.09. The van der Waals surface area contributed by atoms with Crippen LogP contribution >= 0.6 is 11.3 Å². The lowest BCUT2D eigenvalue weighted by molar-refractivity contribution is -0.121. The van der Waals surface area contributed by atoms with Crippen LogP contribution in [0.4, 0.5) is 8.78 Å². The number of carbonyl (C=O) groups is 1. The van der Waals surface area contributed by atoms with Crippen LogP contribution < -0.4 is 10.6 Å². The molecule has 1 aliphatic rings. The van der Waals surface area contributed by atoms with Crippen LogP contribution in [-0.2, 0) is 16.6 Å². The standard InChI is InChI=1S/C20H25F2N3OS/c1-20(2,3)19-24-13(11-27-19)9-18(26)25-17-10-23-7-6-14(17)12-4-5-15(21)16(22)8-12/h4-5,8,11,14,17,23H,6-7,9-10H2,1-3H3,(H,25,26). The molecule has 2 unspecified atom stereocenters. The first-order chi connectivity index (χ1) is 12.7. The maximum atomic E-state index is 13.6. The molecule has 0 aliphatic carbocycles. The molecule has 0 saturated carbocycles.